The van der Waals surface area contributed by atoms with Gasteiger partial charge in [-0.1, -0.05) is 45.7 Å². The van der Waals surface area contributed by atoms with Gasteiger partial charge in [-0.2, -0.15) is 4.98 Å². The first-order valence-electron chi connectivity index (χ1n) is 9.23. The molecule has 158 valence electrons. The van der Waals surface area contributed by atoms with Crippen LogP contribution in [0.1, 0.15) is 0 Å². The minimum Gasteiger partial charge on any atom is -0.396 e. The van der Waals surface area contributed by atoms with E-state index in [2.05, 4.69) is 25.4 Å². The number of nitrogen functional groups attached to an aromatic ring is 1. The minimum atomic E-state index is -0.461. The van der Waals surface area contributed by atoms with Crippen LogP contribution in [-0.4, -0.2) is 30.1 Å². The number of halogens is 3. The van der Waals surface area contributed by atoms with E-state index in [1.165, 1.54) is 10.7 Å². The summed E-state index contributed by atoms with van der Waals surface area (Å²) in [6, 6.07) is 12.9. The second-order valence-electron chi connectivity index (χ2n) is 6.66. The summed E-state index contributed by atoms with van der Waals surface area (Å²) < 4.78 is 21.4. The number of para-hydroxylation sites is 1. The lowest BCUT2D eigenvalue weighted by Crippen LogP contribution is -2.02. The Labute approximate surface area is 190 Å². The van der Waals surface area contributed by atoms with Crippen LogP contribution in [0, 0.1) is 5.82 Å². The standard InChI is InChI=1S/C21H12Cl2FN7O/c22-13-9-12(10-14(23)17(13)25)20-27-21(32-29-20)18-19(11-5-7-26-8-6-11)31(30-28-18)16-4-2-1-3-15(16)24/h1-10H,25H2. The number of hydrogen-bond acceptors (Lipinski definition) is 7. The topological polar surface area (TPSA) is 109 Å². The first-order valence-corrected chi connectivity index (χ1v) is 9.98. The van der Waals surface area contributed by atoms with Crippen molar-refractivity contribution in [2.24, 2.45) is 0 Å². The van der Waals surface area contributed by atoms with Crippen molar-refractivity contribution in [3.05, 3.63) is 76.8 Å². The molecule has 3 heterocycles. The zero-order chi connectivity index (χ0) is 22.2. The van der Waals surface area contributed by atoms with E-state index < -0.39 is 5.82 Å². The summed E-state index contributed by atoms with van der Waals surface area (Å²) >= 11 is 12.2. The van der Waals surface area contributed by atoms with Gasteiger partial charge >= 0.3 is 0 Å². The van der Waals surface area contributed by atoms with Crippen LogP contribution < -0.4 is 5.73 Å². The van der Waals surface area contributed by atoms with E-state index in [-0.39, 0.29) is 38.8 Å². The molecule has 0 aliphatic heterocycles. The van der Waals surface area contributed by atoms with Crippen LogP contribution in [0.5, 0.6) is 0 Å². The van der Waals surface area contributed by atoms with Crippen LogP contribution in [0.25, 0.3) is 39.9 Å². The van der Waals surface area contributed by atoms with E-state index in [0.717, 1.165) is 0 Å². The molecule has 0 amide bonds. The summed E-state index contributed by atoms with van der Waals surface area (Å²) in [6.45, 7) is 0. The highest BCUT2D eigenvalue weighted by Crippen LogP contribution is 2.35. The SMILES string of the molecule is Nc1c(Cl)cc(-c2noc(-c3nnn(-c4ccccc4F)c3-c3ccncc3)n2)cc1Cl. The highest BCUT2D eigenvalue weighted by atomic mass is 35.5. The summed E-state index contributed by atoms with van der Waals surface area (Å²) in [5, 5.41) is 12.9. The van der Waals surface area contributed by atoms with Crippen molar-refractivity contribution >= 4 is 28.9 Å². The van der Waals surface area contributed by atoms with Crippen molar-refractivity contribution in [3.8, 4) is 39.9 Å². The van der Waals surface area contributed by atoms with Crippen molar-refractivity contribution in [3.63, 3.8) is 0 Å². The Morgan fingerprint density at radius 2 is 1.69 bits per heavy atom. The minimum absolute atomic E-state index is 0.0819. The molecule has 0 bridgehead atoms. The first kappa shape index (κ1) is 20.1. The summed E-state index contributed by atoms with van der Waals surface area (Å²) in [4.78, 5) is 8.45. The van der Waals surface area contributed by atoms with E-state index in [4.69, 9.17) is 33.5 Å². The first-order chi connectivity index (χ1) is 15.5. The van der Waals surface area contributed by atoms with E-state index >= 15 is 0 Å². The van der Waals surface area contributed by atoms with Crippen molar-refractivity contribution in [1.29, 1.82) is 0 Å². The Bertz CT molecular complexity index is 1410. The van der Waals surface area contributed by atoms with Gasteiger partial charge in [0.1, 0.15) is 17.2 Å². The maximum absolute atomic E-state index is 14.5. The lowest BCUT2D eigenvalue weighted by Gasteiger charge is -2.08. The fourth-order valence-electron chi connectivity index (χ4n) is 3.14. The number of hydrogen-bond donors (Lipinski definition) is 1. The number of pyridine rings is 1. The average Bonchev–Trinajstić information content (AvgIpc) is 3.45. The Morgan fingerprint density at radius 1 is 0.969 bits per heavy atom. The molecule has 3 aromatic heterocycles. The highest BCUT2D eigenvalue weighted by molar-refractivity contribution is 6.39. The highest BCUT2D eigenvalue weighted by Gasteiger charge is 2.24. The molecule has 0 fully saturated rings. The molecular formula is C21H12Cl2FN7O. The summed E-state index contributed by atoms with van der Waals surface area (Å²) in [5.74, 6) is -0.153. The maximum Gasteiger partial charge on any atom is 0.281 e. The van der Waals surface area contributed by atoms with Crippen LogP contribution in [0.4, 0.5) is 10.1 Å². The second kappa shape index (κ2) is 8.03. The van der Waals surface area contributed by atoms with Crippen molar-refractivity contribution < 1.29 is 8.91 Å². The van der Waals surface area contributed by atoms with Gasteiger partial charge in [0.15, 0.2) is 5.69 Å². The predicted octanol–water partition coefficient (Wildman–Crippen LogP) is 5.07. The Kier molecular flexibility index (Phi) is 5.04. The molecular weight excluding hydrogens is 456 g/mol. The molecule has 0 spiro atoms. The van der Waals surface area contributed by atoms with Gasteiger partial charge in [0, 0.05) is 23.5 Å². The summed E-state index contributed by atoms with van der Waals surface area (Å²) in [7, 11) is 0. The van der Waals surface area contributed by atoms with Crippen LogP contribution in [-0.2, 0) is 0 Å². The van der Waals surface area contributed by atoms with Crippen molar-refractivity contribution in [2.75, 3.05) is 5.73 Å². The van der Waals surface area contributed by atoms with Gasteiger partial charge in [0.25, 0.3) is 5.89 Å². The molecule has 0 radical (unpaired) electrons. The third kappa shape index (κ3) is 3.47. The molecule has 32 heavy (non-hydrogen) atoms. The fraction of sp³-hybridized carbons (Fsp3) is 0. The summed E-state index contributed by atoms with van der Waals surface area (Å²) in [6.07, 6.45) is 3.21. The molecule has 5 rings (SSSR count). The molecule has 0 unspecified atom stereocenters. The maximum atomic E-state index is 14.5. The van der Waals surface area contributed by atoms with E-state index in [9.17, 15) is 4.39 Å². The normalized spacial score (nSPS) is 11.1. The zero-order valence-electron chi connectivity index (χ0n) is 16.1. The largest absolute Gasteiger partial charge is 0.396 e. The van der Waals surface area contributed by atoms with E-state index in [1.807, 2.05) is 0 Å². The van der Waals surface area contributed by atoms with E-state index in [0.29, 0.717) is 16.8 Å². The summed E-state index contributed by atoms with van der Waals surface area (Å²) in [5.41, 5.74) is 8.19. The third-order valence-corrected chi connectivity index (χ3v) is 5.30. The fourth-order valence-corrected chi connectivity index (χ4v) is 3.62. The van der Waals surface area contributed by atoms with Crippen LogP contribution in [0.15, 0.2) is 65.4 Å². The molecule has 0 saturated carbocycles. The molecule has 5 aromatic rings. The molecule has 2 aromatic carbocycles. The average molecular weight is 468 g/mol. The number of nitrogens with zero attached hydrogens (tertiary/aromatic N) is 6. The van der Waals surface area contributed by atoms with Gasteiger partial charge in [-0.05, 0) is 36.4 Å². The molecule has 2 N–H and O–H groups in total. The number of benzene rings is 2. The number of aromatic nitrogens is 6. The number of anilines is 1. The molecule has 8 nitrogen and oxygen atoms in total. The third-order valence-electron chi connectivity index (χ3n) is 4.67. The molecule has 0 aliphatic rings. The van der Waals surface area contributed by atoms with Gasteiger partial charge in [-0.15, -0.1) is 5.10 Å². The van der Waals surface area contributed by atoms with Crippen LogP contribution in [0.3, 0.4) is 0 Å². The van der Waals surface area contributed by atoms with Gasteiger partial charge in [-0.3, -0.25) is 4.98 Å². The van der Waals surface area contributed by atoms with Crippen LogP contribution in [0.2, 0.25) is 10.0 Å². The van der Waals surface area contributed by atoms with Gasteiger partial charge in [-0.25, -0.2) is 9.07 Å². The Morgan fingerprint density at radius 3 is 2.41 bits per heavy atom. The molecule has 0 atom stereocenters. The van der Waals surface area contributed by atoms with E-state index in [1.54, 1.807) is 54.9 Å². The van der Waals surface area contributed by atoms with Gasteiger partial charge in [0.2, 0.25) is 5.82 Å². The van der Waals surface area contributed by atoms with Crippen molar-refractivity contribution in [1.82, 2.24) is 30.1 Å². The predicted molar refractivity (Wildman–Crippen MR) is 118 cm³/mol. The van der Waals surface area contributed by atoms with Crippen LogP contribution >= 0.6 is 23.2 Å². The Balaban J connectivity index is 1.66. The molecule has 0 aliphatic carbocycles. The molecule has 11 heteroatoms. The lowest BCUT2D eigenvalue weighted by atomic mass is 10.1. The van der Waals surface area contributed by atoms with Crippen molar-refractivity contribution in [2.45, 2.75) is 0 Å². The monoisotopic (exact) mass is 467 g/mol. The smallest absolute Gasteiger partial charge is 0.281 e. The lowest BCUT2D eigenvalue weighted by molar-refractivity contribution is 0.431. The number of rotatable bonds is 4. The quantitative estimate of drug-likeness (QED) is 0.367. The Hall–Kier alpha value is -3.82. The molecule has 0 saturated heterocycles. The van der Waals surface area contributed by atoms with Gasteiger partial charge < -0.3 is 10.3 Å². The second-order valence-corrected chi connectivity index (χ2v) is 7.48. The van der Waals surface area contributed by atoms with Gasteiger partial charge in [0.05, 0.1) is 15.7 Å². The zero-order valence-corrected chi connectivity index (χ0v) is 17.6. The number of nitrogens with two attached hydrogens (primary N) is 1.